The third-order valence-corrected chi connectivity index (χ3v) is 6.27. The van der Waals surface area contributed by atoms with Crippen LogP contribution in [0.3, 0.4) is 0 Å². The number of carbonyl (C=O) groups excluding carboxylic acids is 1. The summed E-state index contributed by atoms with van der Waals surface area (Å²) in [5, 5.41) is 0.0508. The summed E-state index contributed by atoms with van der Waals surface area (Å²) >= 11 is 1.26. The van der Waals surface area contributed by atoms with Gasteiger partial charge in [0, 0.05) is 20.6 Å². The zero-order chi connectivity index (χ0) is 14.4. The highest BCUT2D eigenvalue weighted by Gasteiger charge is 2.08. The summed E-state index contributed by atoms with van der Waals surface area (Å²) in [7, 11) is 6.75. The van der Waals surface area contributed by atoms with Crippen molar-refractivity contribution in [1.82, 2.24) is 4.90 Å². The Kier molecular flexibility index (Phi) is 8.53. The second kappa shape index (κ2) is 9.60. The molecule has 0 aliphatic rings. The van der Waals surface area contributed by atoms with E-state index in [0.717, 1.165) is 21.8 Å². The fraction of sp³-hybridized carbons (Fsp3) is 0.286. The first-order chi connectivity index (χ1) is 9.65. The quantitative estimate of drug-likeness (QED) is 0.393. The van der Waals surface area contributed by atoms with Gasteiger partial charge >= 0.3 is 0 Å². The monoisotopic (exact) mass is 452 g/mol. The highest BCUT2D eigenvalue weighted by atomic mass is 127. The van der Waals surface area contributed by atoms with Crippen molar-refractivity contribution in [2.24, 2.45) is 4.99 Å². The predicted octanol–water partition coefficient (Wildman–Crippen LogP) is 4.34. The molecule has 0 atom stereocenters. The lowest BCUT2D eigenvalue weighted by atomic mass is 10.2. The predicted molar refractivity (Wildman–Crippen MR) is 103 cm³/mol. The van der Waals surface area contributed by atoms with Gasteiger partial charge < -0.3 is 4.90 Å². The fourth-order valence-corrected chi connectivity index (χ4v) is 4.69. The van der Waals surface area contributed by atoms with Crippen molar-refractivity contribution < 1.29 is 4.79 Å². The minimum Gasteiger partial charge on any atom is -0.339 e. The van der Waals surface area contributed by atoms with Crippen molar-refractivity contribution in [3.05, 3.63) is 46.6 Å². The van der Waals surface area contributed by atoms with Crippen LogP contribution < -0.4 is 4.67 Å². The topological polar surface area (TPSA) is 32.7 Å². The number of benzene rings is 1. The number of carbonyl (C=O) groups is 1. The average molecular weight is 452 g/mol. The summed E-state index contributed by atoms with van der Waals surface area (Å²) < 4.78 is 2.01. The van der Waals surface area contributed by atoms with Crippen LogP contribution in [-0.2, 0) is 6.42 Å². The van der Waals surface area contributed by atoms with Gasteiger partial charge in [-0.2, -0.15) is 0 Å². The zero-order valence-electron chi connectivity index (χ0n) is 11.8. The molecule has 2 rings (SSSR count). The molecule has 0 unspecified atom stereocenters. The Balaban J connectivity index is 0.00000220. The molecule has 7 heteroatoms. The lowest BCUT2D eigenvalue weighted by Gasteiger charge is -2.06. The van der Waals surface area contributed by atoms with E-state index in [1.165, 1.54) is 17.3 Å². The summed E-state index contributed by atoms with van der Waals surface area (Å²) in [5.74, 6) is 0. The van der Waals surface area contributed by atoms with E-state index < -0.39 is 0 Å². The van der Waals surface area contributed by atoms with Crippen LogP contribution in [-0.4, -0.2) is 30.8 Å². The van der Waals surface area contributed by atoms with Crippen molar-refractivity contribution >= 4 is 61.7 Å². The van der Waals surface area contributed by atoms with Gasteiger partial charge in [0.05, 0.1) is 4.21 Å². The maximum absolute atomic E-state index is 11.6. The van der Waals surface area contributed by atoms with Crippen molar-refractivity contribution in [3.8, 4) is 0 Å². The number of rotatable bonds is 4. The van der Waals surface area contributed by atoms with Gasteiger partial charge in [-0.25, -0.2) is 0 Å². The Labute approximate surface area is 153 Å². The van der Waals surface area contributed by atoms with Crippen molar-refractivity contribution in [2.75, 3.05) is 20.6 Å². The molecular formula is C14H17IN2OS3. The van der Waals surface area contributed by atoms with E-state index >= 15 is 0 Å². The smallest absolute Gasteiger partial charge is 0.286 e. The summed E-state index contributed by atoms with van der Waals surface area (Å²) in [6.07, 6.45) is 0.947. The van der Waals surface area contributed by atoms with Gasteiger partial charge in [-0.1, -0.05) is 51.0 Å². The van der Waals surface area contributed by atoms with Crippen LogP contribution in [0.25, 0.3) is 0 Å². The van der Waals surface area contributed by atoms with Gasteiger partial charge in [-0.05, 0) is 29.8 Å². The van der Waals surface area contributed by atoms with E-state index in [4.69, 9.17) is 0 Å². The van der Waals surface area contributed by atoms with Crippen molar-refractivity contribution in [1.29, 1.82) is 0 Å². The van der Waals surface area contributed by atoms with Crippen LogP contribution in [0.1, 0.15) is 5.56 Å². The molecule has 0 spiro atoms. The number of halogens is 1. The van der Waals surface area contributed by atoms with E-state index in [0.29, 0.717) is 0 Å². The van der Waals surface area contributed by atoms with Gasteiger partial charge in [0.2, 0.25) is 0 Å². The fourth-order valence-electron chi connectivity index (χ4n) is 1.47. The number of hydrogen-bond acceptors (Lipinski definition) is 5. The first-order valence-electron chi connectivity index (χ1n) is 6.19. The van der Waals surface area contributed by atoms with Crippen LogP contribution in [0.5, 0.6) is 0 Å². The molecule has 21 heavy (non-hydrogen) atoms. The maximum atomic E-state index is 11.6. The molecule has 0 aliphatic heterocycles. The summed E-state index contributed by atoms with van der Waals surface area (Å²) in [6, 6.07) is 12.3. The first-order valence-corrected chi connectivity index (χ1v) is 9.15. The Morgan fingerprint density at radius 1 is 1.24 bits per heavy atom. The van der Waals surface area contributed by atoms with Crippen LogP contribution >= 0.6 is 56.4 Å². The zero-order valence-corrected chi connectivity index (χ0v) is 16.6. The first kappa shape index (κ1) is 18.7. The molecule has 0 fully saturated rings. The van der Waals surface area contributed by atoms with E-state index in [-0.39, 0.29) is 29.2 Å². The molecule has 0 saturated heterocycles. The summed E-state index contributed by atoms with van der Waals surface area (Å²) in [6.45, 7) is 0.781. The number of hydrogen-bond donors (Lipinski definition) is 0. The van der Waals surface area contributed by atoms with E-state index in [2.05, 4.69) is 17.1 Å². The van der Waals surface area contributed by atoms with E-state index in [1.54, 1.807) is 39.7 Å². The lowest BCUT2D eigenvalue weighted by Crippen LogP contribution is -2.15. The highest BCUT2D eigenvalue weighted by molar-refractivity contribution is 14.0. The molecule has 0 aliphatic carbocycles. The largest absolute Gasteiger partial charge is 0.339 e. The summed E-state index contributed by atoms with van der Waals surface area (Å²) in [4.78, 5) is 17.7. The molecule has 1 amide bonds. The van der Waals surface area contributed by atoms with E-state index in [9.17, 15) is 4.79 Å². The maximum Gasteiger partial charge on any atom is 0.286 e. The minimum absolute atomic E-state index is 0. The standard InChI is InChI=1S/C14H16N2OS3.HI/c1-16(2)14(17)18-13-10-12(19-20-13)15-9-8-11-6-4-3-5-7-11;/h3-7,10H,8-9H2,1-2H3;1H. The molecule has 3 nitrogen and oxygen atoms in total. The number of nitrogens with zero attached hydrogens (tertiary/aromatic N) is 2. The molecular weight excluding hydrogens is 435 g/mol. The molecule has 0 N–H and O–H groups in total. The van der Waals surface area contributed by atoms with Crippen LogP contribution in [0, 0.1) is 0 Å². The van der Waals surface area contributed by atoms with Crippen LogP contribution in [0.2, 0.25) is 0 Å². The van der Waals surface area contributed by atoms with Crippen molar-refractivity contribution in [3.63, 3.8) is 0 Å². The third kappa shape index (κ3) is 6.50. The average Bonchev–Trinajstić information content (AvgIpc) is 2.87. The molecule has 1 heterocycles. The molecule has 0 bridgehead atoms. The van der Waals surface area contributed by atoms with Crippen LogP contribution in [0.15, 0.2) is 45.6 Å². The lowest BCUT2D eigenvalue weighted by molar-refractivity contribution is 0.241. The van der Waals surface area contributed by atoms with Gasteiger partial charge in [-0.15, -0.1) is 24.0 Å². The second-order valence-electron chi connectivity index (χ2n) is 4.35. The van der Waals surface area contributed by atoms with Crippen LogP contribution in [0.4, 0.5) is 4.79 Å². The third-order valence-electron chi connectivity index (χ3n) is 2.51. The molecule has 1 aromatic heterocycles. The second-order valence-corrected chi connectivity index (χ2v) is 7.79. The molecule has 1 aromatic carbocycles. The number of amides is 1. The van der Waals surface area contributed by atoms with Crippen molar-refractivity contribution in [2.45, 2.75) is 10.6 Å². The van der Waals surface area contributed by atoms with Gasteiger partial charge in [0.15, 0.2) is 0 Å². The Hall–Kier alpha value is -0.380. The summed E-state index contributed by atoms with van der Waals surface area (Å²) in [5.41, 5.74) is 1.30. The molecule has 2 aromatic rings. The SMILES string of the molecule is CN(C)C(=O)Sc1cc(=NCCc2ccccc2)ss1.I. The number of thioether (sulfide) groups is 1. The van der Waals surface area contributed by atoms with Gasteiger partial charge in [-0.3, -0.25) is 9.79 Å². The Bertz CT molecular complexity index is 622. The Morgan fingerprint density at radius 3 is 2.62 bits per heavy atom. The van der Waals surface area contributed by atoms with E-state index in [1.807, 2.05) is 24.3 Å². The molecule has 0 radical (unpaired) electrons. The van der Waals surface area contributed by atoms with Gasteiger partial charge in [0.25, 0.3) is 5.24 Å². The molecule has 114 valence electrons. The van der Waals surface area contributed by atoms with Gasteiger partial charge in [0.1, 0.15) is 4.67 Å². The minimum atomic E-state index is 0. The Morgan fingerprint density at radius 2 is 1.95 bits per heavy atom. The highest BCUT2D eigenvalue weighted by Crippen LogP contribution is 2.25. The normalized spacial score (nSPS) is 11.0. The molecule has 0 saturated carbocycles.